The van der Waals surface area contributed by atoms with E-state index in [-0.39, 0.29) is 0 Å². The van der Waals surface area contributed by atoms with Crippen LogP contribution in [-0.2, 0) is 0 Å². The molecule has 1 aromatic carbocycles. The van der Waals surface area contributed by atoms with Gasteiger partial charge in [-0.05, 0) is 18.4 Å². The van der Waals surface area contributed by atoms with Crippen LogP contribution in [0.1, 0.15) is 24.3 Å². The molecule has 1 fully saturated rings. The highest BCUT2D eigenvalue weighted by Gasteiger charge is 2.34. The van der Waals surface area contributed by atoms with E-state index in [4.69, 9.17) is 0 Å². The van der Waals surface area contributed by atoms with Crippen molar-refractivity contribution in [2.24, 2.45) is 5.10 Å². The third-order valence-corrected chi connectivity index (χ3v) is 3.24. The number of hydrogen-bond acceptors (Lipinski definition) is 2. The number of hydrogen-bond donors (Lipinski definition) is 0. The van der Waals surface area contributed by atoms with Gasteiger partial charge in [0.15, 0.2) is 0 Å². The van der Waals surface area contributed by atoms with Crippen molar-refractivity contribution in [2.45, 2.75) is 24.8 Å². The van der Waals surface area contributed by atoms with E-state index >= 15 is 0 Å². The summed E-state index contributed by atoms with van der Waals surface area (Å²) in [6.07, 6.45) is 4.70. The highest BCUT2D eigenvalue weighted by Crippen LogP contribution is 2.34. The first-order valence-corrected chi connectivity index (χ1v) is 5.31. The van der Waals surface area contributed by atoms with E-state index in [1.165, 1.54) is 18.4 Å². The van der Waals surface area contributed by atoms with Gasteiger partial charge in [-0.3, -0.25) is 5.01 Å². The fraction of sp³-hybridized carbons (Fsp3) is 0.417. The maximum absolute atomic E-state index is 4.46. The average molecular weight is 186 g/mol. The van der Waals surface area contributed by atoms with Crippen molar-refractivity contribution in [1.82, 2.24) is 5.01 Å². The number of nitrogens with zero attached hydrogens (tertiary/aromatic N) is 2. The molecule has 0 aromatic heterocycles. The zero-order chi connectivity index (χ0) is 9.38. The van der Waals surface area contributed by atoms with Crippen LogP contribution in [0.2, 0.25) is 0 Å². The van der Waals surface area contributed by atoms with Crippen LogP contribution in [0.4, 0.5) is 0 Å². The zero-order valence-electron chi connectivity index (χ0n) is 8.13. The van der Waals surface area contributed by atoms with Crippen LogP contribution in [0.25, 0.3) is 0 Å². The molecule has 1 saturated heterocycles. The molecule has 3 rings (SSSR count). The second-order valence-electron chi connectivity index (χ2n) is 4.07. The molecule has 0 N–H and O–H groups in total. The summed E-state index contributed by atoms with van der Waals surface area (Å²) in [6, 6.07) is 11.3. The number of rotatable bonds is 1. The fourth-order valence-electron chi connectivity index (χ4n) is 2.53. The number of hydrazone groups is 1. The maximum Gasteiger partial charge on any atom is 0.0590 e. The molecule has 0 aliphatic carbocycles. The SMILES string of the molecule is C1=NN2CCCC2C1c1ccccc1. The Bertz CT molecular complexity index is 345. The quantitative estimate of drug-likeness (QED) is 0.656. The molecule has 2 aliphatic rings. The molecule has 0 spiro atoms. The van der Waals surface area contributed by atoms with Crippen LogP contribution in [-0.4, -0.2) is 23.8 Å². The summed E-state index contributed by atoms with van der Waals surface area (Å²) in [4.78, 5) is 0. The van der Waals surface area contributed by atoms with Gasteiger partial charge in [-0.15, -0.1) is 0 Å². The Hall–Kier alpha value is -1.31. The summed E-state index contributed by atoms with van der Waals surface area (Å²) in [5.41, 5.74) is 1.41. The zero-order valence-corrected chi connectivity index (χ0v) is 8.13. The Morgan fingerprint density at radius 3 is 2.93 bits per heavy atom. The van der Waals surface area contributed by atoms with Gasteiger partial charge in [0.05, 0.1) is 6.04 Å². The molecule has 2 nitrogen and oxygen atoms in total. The van der Waals surface area contributed by atoms with Gasteiger partial charge in [-0.1, -0.05) is 30.3 Å². The van der Waals surface area contributed by atoms with E-state index in [2.05, 4.69) is 46.7 Å². The first-order chi connectivity index (χ1) is 6.95. The summed E-state index contributed by atoms with van der Waals surface area (Å²) in [5, 5.41) is 6.71. The van der Waals surface area contributed by atoms with E-state index < -0.39 is 0 Å². The molecule has 2 heterocycles. The molecule has 72 valence electrons. The minimum absolute atomic E-state index is 0.527. The lowest BCUT2D eigenvalue weighted by Crippen LogP contribution is -2.24. The van der Waals surface area contributed by atoms with Crippen LogP contribution >= 0.6 is 0 Å². The van der Waals surface area contributed by atoms with E-state index in [1.54, 1.807) is 0 Å². The summed E-state index contributed by atoms with van der Waals surface area (Å²) < 4.78 is 0. The van der Waals surface area contributed by atoms with Crippen LogP contribution in [0.5, 0.6) is 0 Å². The molecule has 14 heavy (non-hydrogen) atoms. The van der Waals surface area contributed by atoms with Crippen LogP contribution in [0.15, 0.2) is 35.4 Å². The molecule has 1 aromatic rings. The first kappa shape index (κ1) is 8.04. The summed E-state index contributed by atoms with van der Waals surface area (Å²) in [5.74, 6) is 0.527. The monoisotopic (exact) mass is 186 g/mol. The normalized spacial score (nSPS) is 29.6. The fourth-order valence-corrected chi connectivity index (χ4v) is 2.53. The third kappa shape index (κ3) is 1.14. The van der Waals surface area contributed by atoms with E-state index in [0.29, 0.717) is 12.0 Å². The van der Waals surface area contributed by atoms with Gasteiger partial charge in [0.1, 0.15) is 0 Å². The van der Waals surface area contributed by atoms with E-state index in [9.17, 15) is 0 Å². The predicted molar refractivity (Wildman–Crippen MR) is 57.4 cm³/mol. The van der Waals surface area contributed by atoms with Crippen molar-refractivity contribution in [3.8, 4) is 0 Å². The lowest BCUT2D eigenvalue weighted by atomic mass is 9.92. The van der Waals surface area contributed by atoms with Gasteiger partial charge in [0.25, 0.3) is 0 Å². The van der Waals surface area contributed by atoms with Gasteiger partial charge in [-0.2, -0.15) is 5.10 Å². The van der Waals surface area contributed by atoms with Gasteiger partial charge in [0, 0.05) is 18.7 Å². The molecule has 0 radical (unpaired) electrons. The van der Waals surface area contributed by atoms with Crippen molar-refractivity contribution >= 4 is 6.21 Å². The molecule has 2 unspecified atom stereocenters. The van der Waals surface area contributed by atoms with Gasteiger partial charge < -0.3 is 0 Å². The van der Waals surface area contributed by atoms with E-state index in [0.717, 1.165) is 6.54 Å². The molecule has 2 atom stereocenters. The Labute approximate surface area is 84.2 Å². The largest absolute Gasteiger partial charge is 0.293 e. The van der Waals surface area contributed by atoms with E-state index in [1.807, 2.05) is 0 Å². The molecular weight excluding hydrogens is 172 g/mol. The van der Waals surface area contributed by atoms with Crippen LogP contribution < -0.4 is 0 Å². The van der Waals surface area contributed by atoms with Crippen molar-refractivity contribution in [3.05, 3.63) is 35.9 Å². The highest BCUT2D eigenvalue weighted by molar-refractivity contribution is 5.71. The van der Waals surface area contributed by atoms with Gasteiger partial charge in [0.2, 0.25) is 0 Å². The number of benzene rings is 1. The number of fused-ring (bicyclic) bond motifs is 1. The molecule has 2 aliphatic heterocycles. The molecular formula is C12H14N2. The Morgan fingerprint density at radius 1 is 1.21 bits per heavy atom. The lowest BCUT2D eigenvalue weighted by Gasteiger charge is -2.19. The highest BCUT2D eigenvalue weighted by atomic mass is 15.5. The molecule has 0 bridgehead atoms. The minimum atomic E-state index is 0.527. The topological polar surface area (TPSA) is 15.6 Å². The third-order valence-electron chi connectivity index (χ3n) is 3.24. The van der Waals surface area contributed by atoms with Crippen molar-refractivity contribution in [3.63, 3.8) is 0 Å². The summed E-state index contributed by atoms with van der Waals surface area (Å²) >= 11 is 0. The predicted octanol–water partition coefficient (Wildman–Crippen LogP) is 2.23. The Kier molecular flexibility index (Phi) is 1.79. The molecule has 0 saturated carbocycles. The Morgan fingerprint density at radius 2 is 2.07 bits per heavy atom. The summed E-state index contributed by atoms with van der Waals surface area (Å²) in [6.45, 7) is 1.14. The Balaban J connectivity index is 1.90. The smallest absolute Gasteiger partial charge is 0.0590 e. The second kappa shape index (κ2) is 3.12. The maximum atomic E-state index is 4.46. The molecule has 2 heteroatoms. The minimum Gasteiger partial charge on any atom is -0.293 e. The standard InChI is InChI=1S/C12H14N2/c1-2-5-10(6-3-1)11-9-13-14-8-4-7-12(11)14/h1-3,5-6,9,11-12H,4,7-8H2. The van der Waals surface area contributed by atoms with Gasteiger partial charge in [-0.25, -0.2) is 0 Å². The molecule has 0 amide bonds. The first-order valence-electron chi connectivity index (χ1n) is 5.31. The van der Waals surface area contributed by atoms with Gasteiger partial charge >= 0.3 is 0 Å². The average Bonchev–Trinajstić information content (AvgIpc) is 2.79. The van der Waals surface area contributed by atoms with Crippen molar-refractivity contribution in [2.75, 3.05) is 6.54 Å². The van der Waals surface area contributed by atoms with Crippen LogP contribution in [0.3, 0.4) is 0 Å². The second-order valence-corrected chi connectivity index (χ2v) is 4.07. The van der Waals surface area contributed by atoms with Crippen molar-refractivity contribution < 1.29 is 0 Å². The summed E-state index contributed by atoms with van der Waals surface area (Å²) in [7, 11) is 0. The van der Waals surface area contributed by atoms with Crippen molar-refractivity contribution in [1.29, 1.82) is 0 Å². The van der Waals surface area contributed by atoms with Crippen LogP contribution in [0, 0.1) is 0 Å². The lowest BCUT2D eigenvalue weighted by molar-refractivity contribution is 0.285.